The molecule has 208 valence electrons. The van der Waals surface area contributed by atoms with Crippen LogP contribution in [0.2, 0.25) is 0 Å². The predicted molar refractivity (Wildman–Crippen MR) is 143 cm³/mol. The van der Waals surface area contributed by atoms with Gasteiger partial charge in [-0.25, -0.2) is 4.98 Å². The standard InChI is InChI=1S/C29H30N4O6S/c1-14-18-8-15-7-16(25(18)35)10-29(14,9-15)28(38)39-23-13-40-24(32-23)11-30-20-4-2-3-17-19(20)12-33(27(17)37)21-5-6-22(34)31-26(21)36/h2-4,13-16,18,21,30H,5-12H2,1H3,(H,31,34,36). The molecule has 6 aliphatic rings. The van der Waals surface area contributed by atoms with Crippen molar-refractivity contribution in [3.8, 4) is 5.88 Å². The Labute approximate surface area is 234 Å². The molecule has 2 N–H and O–H groups in total. The molecule has 3 amide bonds. The monoisotopic (exact) mass is 562 g/mol. The van der Waals surface area contributed by atoms with E-state index in [9.17, 15) is 24.0 Å². The number of amides is 3. The quantitative estimate of drug-likeness (QED) is 0.405. The van der Waals surface area contributed by atoms with E-state index >= 15 is 0 Å². The second kappa shape index (κ2) is 9.22. The second-order valence-corrected chi connectivity index (χ2v) is 12.9. The molecule has 1 aromatic heterocycles. The molecule has 2 aliphatic heterocycles. The second-order valence-electron chi connectivity index (χ2n) is 12.0. The summed E-state index contributed by atoms with van der Waals surface area (Å²) in [6, 6.07) is 4.75. The van der Waals surface area contributed by atoms with E-state index in [0.717, 1.165) is 35.5 Å². The van der Waals surface area contributed by atoms with E-state index in [4.69, 9.17) is 4.74 Å². The topological polar surface area (TPSA) is 135 Å². The van der Waals surface area contributed by atoms with Crippen LogP contribution in [0.3, 0.4) is 0 Å². The Kier molecular flexibility index (Phi) is 5.85. The number of aromatic nitrogens is 1. The number of esters is 1. The number of imide groups is 1. The number of benzene rings is 1. The number of nitrogens with one attached hydrogen (secondary N) is 2. The van der Waals surface area contributed by atoms with Crippen LogP contribution in [0.15, 0.2) is 23.6 Å². The molecule has 5 fully saturated rings. The van der Waals surface area contributed by atoms with Crippen molar-refractivity contribution in [1.82, 2.24) is 15.2 Å². The Morgan fingerprint density at radius 1 is 1.23 bits per heavy atom. The molecule has 0 radical (unpaired) electrons. The molecule has 4 saturated carbocycles. The molecule has 11 heteroatoms. The van der Waals surface area contributed by atoms with Gasteiger partial charge in [0, 0.05) is 41.6 Å². The molecule has 1 aromatic carbocycles. The lowest BCUT2D eigenvalue weighted by molar-refractivity contribution is -0.177. The number of ether oxygens (including phenoxy) is 1. The van der Waals surface area contributed by atoms with Crippen LogP contribution in [0, 0.1) is 29.1 Å². The van der Waals surface area contributed by atoms with Gasteiger partial charge in [0.15, 0.2) is 0 Å². The van der Waals surface area contributed by atoms with Gasteiger partial charge in [-0.3, -0.25) is 29.3 Å². The first-order chi connectivity index (χ1) is 19.2. The molecule has 4 bridgehead atoms. The maximum Gasteiger partial charge on any atom is 0.319 e. The number of ketones is 1. The summed E-state index contributed by atoms with van der Waals surface area (Å²) in [6.45, 7) is 2.67. The fraction of sp³-hybridized carbons (Fsp3) is 0.517. The van der Waals surface area contributed by atoms with Crippen LogP contribution in [0.4, 0.5) is 5.69 Å². The van der Waals surface area contributed by atoms with Gasteiger partial charge in [-0.15, -0.1) is 11.3 Å². The highest BCUT2D eigenvalue weighted by Crippen LogP contribution is 2.61. The summed E-state index contributed by atoms with van der Waals surface area (Å²) in [7, 11) is 0. The number of anilines is 1. The van der Waals surface area contributed by atoms with Gasteiger partial charge in [-0.2, -0.15) is 0 Å². The van der Waals surface area contributed by atoms with Gasteiger partial charge >= 0.3 is 5.97 Å². The fourth-order valence-corrected chi connectivity index (χ4v) is 8.52. The zero-order valence-corrected chi connectivity index (χ0v) is 22.9. The maximum atomic E-state index is 13.5. The highest BCUT2D eigenvalue weighted by Gasteiger charge is 2.63. The lowest BCUT2D eigenvalue weighted by atomic mass is 9.45. The Hall–Kier alpha value is -3.60. The normalized spacial score (nSPS) is 32.3. The molecule has 8 rings (SSSR count). The van der Waals surface area contributed by atoms with Crippen molar-refractivity contribution >= 4 is 46.5 Å². The minimum absolute atomic E-state index is 0.0114. The van der Waals surface area contributed by atoms with Crippen molar-refractivity contribution in [3.63, 3.8) is 0 Å². The molecule has 40 heavy (non-hydrogen) atoms. The largest absolute Gasteiger partial charge is 0.406 e. The number of hydrogen-bond donors (Lipinski definition) is 2. The number of nitrogens with zero attached hydrogens (tertiary/aromatic N) is 2. The van der Waals surface area contributed by atoms with Gasteiger partial charge in [-0.05, 0) is 56.1 Å². The van der Waals surface area contributed by atoms with Gasteiger partial charge in [0.1, 0.15) is 16.8 Å². The third-order valence-corrected chi connectivity index (χ3v) is 10.7. The van der Waals surface area contributed by atoms with E-state index in [-0.39, 0.29) is 54.4 Å². The van der Waals surface area contributed by atoms with E-state index in [1.165, 1.54) is 16.2 Å². The SMILES string of the molecule is CC1C2CC3CC(CC1(C(=O)Oc1csc(CNc4cccc5c4CN(C4CCC(=O)NC4=O)C5=O)n1)C3)C2=O. The highest BCUT2D eigenvalue weighted by molar-refractivity contribution is 7.09. The van der Waals surface area contributed by atoms with E-state index in [1.807, 2.05) is 13.0 Å². The predicted octanol–water partition coefficient (Wildman–Crippen LogP) is 3.06. The van der Waals surface area contributed by atoms with Crippen LogP contribution in [-0.4, -0.2) is 45.4 Å². The van der Waals surface area contributed by atoms with E-state index in [1.54, 1.807) is 17.5 Å². The summed E-state index contributed by atoms with van der Waals surface area (Å²) in [5.41, 5.74) is 1.50. The van der Waals surface area contributed by atoms with Crippen molar-refractivity contribution in [2.24, 2.45) is 29.1 Å². The molecule has 6 unspecified atom stereocenters. The lowest BCUT2D eigenvalue weighted by Crippen LogP contribution is -2.60. The zero-order valence-electron chi connectivity index (χ0n) is 22.1. The molecule has 4 aliphatic carbocycles. The van der Waals surface area contributed by atoms with Crippen LogP contribution < -0.4 is 15.4 Å². The number of carbonyl (C=O) groups is 5. The lowest BCUT2D eigenvalue weighted by Gasteiger charge is -2.57. The van der Waals surface area contributed by atoms with E-state index < -0.39 is 17.4 Å². The summed E-state index contributed by atoms with van der Waals surface area (Å²) in [6.07, 6.45) is 3.71. The fourth-order valence-electron chi connectivity index (χ4n) is 7.88. The molecule has 1 saturated heterocycles. The summed E-state index contributed by atoms with van der Waals surface area (Å²) >= 11 is 1.38. The summed E-state index contributed by atoms with van der Waals surface area (Å²) in [5, 5.41) is 8.13. The molecular weight excluding hydrogens is 532 g/mol. The third-order valence-electron chi connectivity index (χ3n) is 9.86. The van der Waals surface area contributed by atoms with Crippen LogP contribution >= 0.6 is 11.3 Å². The first-order valence-electron chi connectivity index (χ1n) is 13.9. The van der Waals surface area contributed by atoms with Crippen LogP contribution in [0.1, 0.15) is 66.4 Å². The summed E-state index contributed by atoms with van der Waals surface area (Å²) in [5.74, 6) is -0.256. The van der Waals surface area contributed by atoms with E-state index in [0.29, 0.717) is 36.7 Å². The third kappa shape index (κ3) is 3.88. The Bertz CT molecular complexity index is 1470. The zero-order chi connectivity index (χ0) is 27.8. The summed E-state index contributed by atoms with van der Waals surface area (Å²) < 4.78 is 5.83. The average Bonchev–Trinajstić information content (AvgIpc) is 3.52. The van der Waals surface area contributed by atoms with Crippen LogP contribution in [0.25, 0.3) is 0 Å². The van der Waals surface area contributed by atoms with Crippen LogP contribution in [0.5, 0.6) is 5.88 Å². The van der Waals surface area contributed by atoms with Crippen molar-refractivity contribution in [1.29, 1.82) is 0 Å². The molecule has 10 nitrogen and oxygen atoms in total. The first kappa shape index (κ1) is 25.4. The first-order valence-corrected chi connectivity index (χ1v) is 14.8. The minimum atomic E-state index is -0.670. The maximum absolute atomic E-state index is 13.5. The number of Topliss-reactive ketones (excluding diaryl/α,β-unsaturated/α-hetero) is 1. The van der Waals surface area contributed by atoms with Crippen molar-refractivity contribution < 1.29 is 28.7 Å². The number of piperidine rings is 1. The van der Waals surface area contributed by atoms with Crippen molar-refractivity contribution in [2.45, 2.75) is 64.6 Å². The van der Waals surface area contributed by atoms with Crippen LogP contribution in [-0.2, 0) is 32.3 Å². The van der Waals surface area contributed by atoms with Gasteiger partial charge in [0.25, 0.3) is 5.91 Å². The van der Waals surface area contributed by atoms with Gasteiger partial charge in [0.2, 0.25) is 17.7 Å². The molecule has 0 spiro atoms. The number of carbonyl (C=O) groups excluding carboxylic acids is 5. The molecule has 6 atom stereocenters. The summed E-state index contributed by atoms with van der Waals surface area (Å²) in [4.78, 5) is 69.2. The minimum Gasteiger partial charge on any atom is -0.406 e. The van der Waals surface area contributed by atoms with Crippen molar-refractivity contribution in [3.05, 3.63) is 39.7 Å². The highest BCUT2D eigenvalue weighted by atomic mass is 32.1. The number of fused-ring (bicyclic) bond motifs is 1. The van der Waals surface area contributed by atoms with Gasteiger partial charge < -0.3 is 15.0 Å². The van der Waals surface area contributed by atoms with Gasteiger partial charge in [0.05, 0.1) is 17.3 Å². The Morgan fingerprint density at radius 3 is 2.90 bits per heavy atom. The average molecular weight is 563 g/mol. The van der Waals surface area contributed by atoms with Crippen molar-refractivity contribution in [2.75, 3.05) is 5.32 Å². The molecular formula is C29H30N4O6S. The number of rotatable bonds is 6. The Balaban J connectivity index is 1.02. The smallest absolute Gasteiger partial charge is 0.319 e. The van der Waals surface area contributed by atoms with Gasteiger partial charge in [-0.1, -0.05) is 13.0 Å². The molecule has 3 heterocycles. The Morgan fingerprint density at radius 2 is 2.08 bits per heavy atom. The number of thiazole rings is 1. The number of hydrogen-bond acceptors (Lipinski definition) is 9. The molecule has 2 aromatic rings. The van der Waals surface area contributed by atoms with E-state index in [2.05, 4.69) is 15.6 Å².